The number of fused-ring (bicyclic) bond motifs is 2. The highest BCUT2D eigenvalue weighted by Crippen LogP contribution is 2.39. The Morgan fingerprint density at radius 2 is 2.17 bits per heavy atom. The van der Waals surface area contributed by atoms with Crippen molar-refractivity contribution in [1.82, 2.24) is 19.6 Å². The van der Waals surface area contributed by atoms with Gasteiger partial charge in [0.15, 0.2) is 5.82 Å². The summed E-state index contributed by atoms with van der Waals surface area (Å²) in [4.78, 5) is 16.9. The van der Waals surface area contributed by atoms with Gasteiger partial charge in [-0.3, -0.25) is 9.89 Å². The molecule has 4 aromatic rings. The topological polar surface area (TPSA) is 75.1 Å². The molecule has 3 aromatic heterocycles. The first-order chi connectivity index (χ1) is 14.0. The summed E-state index contributed by atoms with van der Waals surface area (Å²) >= 11 is 1.34. The second kappa shape index (κ2) is 6.55. The van der Waals surface area contributed by atoms with Gasteiger partial charge in [0.05, 0.1) is 28.7 Å². The smallest absolute Gasteiger partial charge is 0.231 e. The molecule has 3 heterocycles. The molecule has 1 fully saturated rings. The van der Waals surface area contributed by atoms with Gasteiger partial charge in [-0.25, -0.2) is 13.8 Å². The minimum atomic E-state index is -1.06. The van der Waals surface area contributed by atoms with Gasteiger partial charge in [-0.05, 0) is 42.9 Å². The second-order valence-corrected chi connectivity index (χ2v) is 7.98. The van der Waals surface area contributed by atoms with Gasteiger partial charge in [-0.1, -0.05) is 0 Å². The average Bonchev–Trinajstić information content (AvgIpc) is 3.08. The number of rotatable bonds is 4. The zero-order chi connectivity index (χ0) is 20.3. The van der Waals surface area contributed by atoms with E-state index in [-0.39, 0.29) is 18.1 Å². The number of thioether (sulfide) groups is 1. The number of benzene rings is 1. The predicted molar refractivity (Wildman–Crippen MR) is 108 cm³/mol. The van der Waals surface area contributed by atoms with Crippen LogP contribution in [0.4, 0.5) is 14.6 Å². The number of pyridine rings is 1. The number of imidazole rings is 1. The van der Waals surface area contributed by atoms with E-state index in [1.165, 1.54) is 11.8 Å². The molecule has 0 bridgehead atoms. The zero-order valence-electron chi connectivity index (χ0n) is 15.7. The third-order valence-electron chi connectivity index (χ3n) is 5.28. The summed E-state index contributed by atoms with van der Waals surface area (Å²) in [7, 11) is 0. The number of nitrogens with one attached hydrogen (secondary N) is 2. The number of carbonyl (C=O) groups is 1. The van der Waals surface area contributed by atoms with Crippen molar-refractivity contribution in [2.45, 2.75) is 24.4 Å². The highest BCUT2D eigenvalue weighted by Gasteiger charge is 2.43. The number of hydrogen-bond acceptors (Lipinski definition) is 4. The first kappa shape index (κ1) is 18.1. The Balaban J connectivity index is 1.58. The third kappa shape index (κ3) is 2.88. The minimum Gasteiger partial charge on any atom is -0.309 e. The van der Waals surface area contributed by atoms with E-state index in [1.807, 2.05) is 18.5 Å². The monoisotopic (exact) mass is 413 g/mol. The first-order valence-electron chi connectivity index (χ1n) is 9.11. The van der Waals surface area contributed by atoms with Crippen LogP contribution in [0.3, 0.4) is 0 Å². The SMILES string of the molecule is CSc1c(F)c(C)c(-c2ccc3nc(NC(=O)[C@@H]4C[C@@H]4F)cn3c2)c2cn[nH]c12. The summed E-state index contributed by atoms with van der Waals surface area (Å²) in [5.74, 6) is -0.842. The van der Waals surface area contributed by atoms with Gasteiger partial charge < -0.3 is 9.72 Å². The molecule has 1 aromatic carbocycles. The number of hydrogen-bond donors (Lipinski definition) is 2. The first-order valence-corrected chi connectivity index (χ1v) is 10.3. The molecule has 1 amide bonds. The van der Waals surface area contributed by atoms with E-state index in [0.29, 0.717) is 27.4 Å². The van der Waals surface area contributed by atoms with Gasteiger partial charge in [0.25, 0.3) is 0 Å². The Labute approximate surface area is 168 Å². The lowest BCUT2D eigenvalue weighted by Crippen LogP contribution is -2.15. The van der Waals surface area contributed by atoms with Crippen molar-refractivity contribution >= 4 is 40.0 Å². The number of alkyl halides is 1. The van der Waals surface area contributed by atoms with E-state index in [1.54, 1.807) is 29.8 Å². The van der Waals surface area contributed by atoms with Crippen LogP contribution < -0.4 is 5.32 Å². The van der Waals surface area contributed by atoms with Crippen molar-refractivity contribution in [2.75, 3.05) is 11.6 Å². The van der Waals surface area contributed by atoms with Gasteiger partial charge in [0, 0.05) is 17.1 Å². The number of nitrogens with zero attached hydrogens (tertiary/aromatic N) is 3. The lowest BCUT2D eigenvalue weighted by Gasteiger charge is -2.12. The molecule has 0 unspecified atom stereocenters. The van der Waals surface area contributed by atoms with Crippen LogP contribution in [0.25, 0.3) is 27.7 Å². The van der Waals surface area contributed by atoms with E-state index >= 15 is 0 Å². The molecule has 0 radical (unpaired) electrons. The molecule has 1 saturated carbocycles. The molecule has 29 heavy (non-hydrogen) atoms. The van der Waals surface area contributed by atoms with E-state index in [2.05, 4.69) is 20.5 Å². The summed E-state index contributed by atoms with van der Waals surface area (Å²) in [6, 6.07) is 3.66. The van der Waals surface area contributed by atoms with Crippen molar-refractivity contribution in [3.8, 4) is 11.1 Å². The molecule has 1 aliphatic rings. The van der Waals surface area contributed by atoms with Crippen molar-refractivity contribution in [3.05, 3.63) is 42.1 Å². The molecule has 148 valence electrons. The summed E-state index contributed by atoms with van der Waals surface area (Å²) in [5.41, 5.74) is 3.38. The molecule has 0 spiro atoms. The molecule has 0 saturated heterocycles. The number of carbonyl (C=O) groups excluding carboxylic acids is 1. The largest absolute Gasteiger partial charge is 0.309 e. The van der Waals surface area contributed by atoms with Crippen LogP contribution in [0.5, 0.6) is 0 Å². The summed E-state index contributed by atoms with van der Waals surface area (Å²) in [6.07, 6.45) is 6.24. The third-order valence-corrected chi connectivity index (χ3v) is 6.08. The Bertz CT molecular complexity index is 1280. The van der Waals surface area contributed by atoms with Crippen molar-refractivity contribution in [3.63, 3.8) is 0 Å². The maximum Gasteiger partial charge on any atom is 0.231 e. The Hall–Kier alpha value is -2.94. The van der Waals surface area contributed by atoms with Gasteiger partial charge in [-0.15, -0.1) is 11.8 Å². The van der Waals surface area contributed by atoms with Crippen LogP contribution >= 0.6 is 11.8 Å². The Morgan fingerprint density at radius 1 is 1.38 bits per heavy atom. The maximum atomic E-state index is 15.0. The van der Waals surface area contributed by atoms with Crippen LogP contribution in [0.1, 0.15) is 12.0 Å². The molecule has 6 nitrogen and oxygen atoms in total. The summed E-state index contributed by atoms with van der Waals surface area (Å²) in [5, 5.41) is 10.5. The van der Waals surface area contributed by atoms with Crippen LogP contribution in [0, 0.1) is 18.7 Å². The molecule has 9 heteroatoms. The van der Waals surface area contributed by atoms with E-state index < -0.39 is 12.1 Å². The Kier molecular flexibility index (Phi) is 4.09. The standard InChI is InChI=1S/C20H17F2N5OS/c1-9-16(12-6-23-26-18(12)19(29-2)17(9)22)10-3-4-15-24-14(8-27(15)7-10)25-20(28)11-5-13(11)21/h3-4,6-8,11,13H,5H2,1-2H3,(H,23,26)(H,25,28)/t11-,13+/m1/s1. The van der Waals surface area contributed by atoms with Crippen molar-refractivity contribution in [1.29, 1.82) is 0 Å². The molecular weight excluding hydrogens is 396 g/mol. The molecular formula is C20H17F2N5OS. The number of halogens is 2. The normalized spacial score (nSPS) is 18.5. The van der Waals surface area contributed by atoms with E-state index in [9.17, 15) is 13.6 Å². The van der Waals surface area contributed by atoms with Crippen LogP contribution in [0.2, 0.25) is 0 Å². The quantitative estimate of drug-likeness (QED) is 0.488. The number of aromatic amines is 1. The van der Waals surface area contributed by atoms with E-state index in [4.69, 9.17) is 0 Å². The number of aromatic nitrogens is 4. The van der Waals surface area contributed by atoms with Gasteiger partial charge in [0.2, 0.25) is 5.91 Å². The van der Waals surface area contributed by atoms with Gasteiger partial charge in [0.1, 0.15) is 17.6 Å². The Morgan fingerprint density at radius 3 is 2.90 bits per heavy atom. The van der Waals surface area contributed by atoms with Crippen LogP contribution in [-0.4, -0.2) is 37.9 Å². The van der Waals surface area contributed by atoms with Crippen molar-refractivity contribution in [2.24, 2.45) is 5.92 Å². The lowest BCUT2D eigenvalue weighted by molar-refractivity contribution is -0.117. The fraction of sp³-hybridized carbons (Fsp3) is 0.250. The van der Waals surface area contributed by atoms with E-state index in [0.717, 1.165) is 16.5 Å². The molecule has 1 aliphatic carbocycles. The van der Waals surface area contributed by atoms with Crippen LogP contribution in [0.15, 0.2) is 35.6 Å². The van der Waals surface area contributed by atoms with Crippen molar-refractivity contribution < 1.29 is 13.6 Å². The maximum absolute atomic E-state index is 15.0. The fourth-order valence-electron chi connectivity index (χ4n) is 3.66. The fourth-order valence-corrected chi connectivity index (χ4v) is 4.35. The number of anilines is 1. The minimum absolute atomic E-state index is 0.265. The lowest BCUT2D eigenvalue weighted by atomic mass is 9.97. The summed E-state index contributed by atoms with van der Waals surface area (Å²) in [6.45, 7) is 1.75. The molecule has 2 atom stereocenters. The zero-order valence-corrected chi connectivity index (χ0v) is 16.5. The van der Waals surface area contributed by atoms with Gasteiger partial charge >= 0.3 is 0 Å². The highest BCUT2D eigenvalue weighted by atomic mass is 32.2. The molecule has 0 aliphatic heterocycles. The highest BCUT2D eigenvalue weighted by molar-refractivity contribution is 7.98. The number of amides is 1. The van der Waals surface area contributed by atoms with Gasteiger partial charge in [-0.2, -0.15) is 5.10 Å². The summed E-state index contributed by atoms with van der Waals surface area (Å²) < 4.78 is 29.8. The van der Waals surface area contributed by atoms with Crippen LogP contribution in [-0.2, 0) is 4.79 Å². The second-order valence-electron chi connectivity index (χ2n) is 7.16. The number of H-pyrrole nitrogens is 1. The average molecular weight is 413 g/mol. The predicted octanol–water partition coefficient (Wildman–Crippen LogP) is 4.34. The molecule has 5 rings (SSSR count). The molecule has 2 N–H and O–H groups in total.